The van der Waals surface area contributed by atoms with Crippen molar-refractivity contribution in [3.63, 3.8) is 0 Å². The molecule has 0 aromatic carbocycles. The molecule has 0 N–H and O–H groups in total. The molecule has 0 aromatic rings. The zero-order chi connectivity index (χ0) is 12.8. The van der Waals surface area contributed by atoms with Gasteiger partial charge in [-0.3, -0.25) is 4.90 Å². The van der Waals surface area contributed by atoms with Crippen LogP contribution in [0.4, 0.5) is 0 Å². The van der Waals surface area contributed by atoms with Crippen LogP contribution in [-0.2, 0) is 4.74 Å². The van der Waals surface area contributed by atoms with Crippen molar-refractivity contribution in [1.29, 1.82) is 0 Å². The molecule has 2 fully saturated rings. The lowest BCUT2D eigenvalue weighted by atomic mass is 9.95. The second-order valence-corrected chi connectivity index (χ2v) is 6.42. The molecule has 1 aliphatic heterocycles. The Hall–Kier alpha value is -0.0800. The fourth-order valence-electron chi connectivity index (χ4n) is 3.67. The smallest absolute Gasteiger partial charge is 0.0678 e. The van der Waals surface area contributed by atoms with Crippen LogP contribution in [0.25, 0.3) is 0 Å². The third-order valence-corrected chi connectivity index (χ3v) is 4.54. The van der Waals surface area contributed by atoms with Crippen molar-refractivity contribution in [2.45, 2.75) is 89.9 Å². The highest BCUT2D eigenvalue weighted by Crippen LogP contribution is 2.23. The molecule has 1 saturated heterocycles. The van der Waals surface area contributed by atoms with Crippen LogP contribution in [0.15, 0.2) is 0 Å². The van der Waals surface area contributed by atoms with Crippen LogP contribution >= 0.6 is 0 Å². The van der Waals surface area contributed by atoms with Crippen molar-refractivity contribution < 1.29 is 4.74 Å². The molecule has 106 valence electrons. The Kier molecular flexibility index (Phi) is 5.97. The molecule has 2 heteroatoms. The molecule has 18 heavy (non-hydrogen) atoms. The summed E-state index contributed by atoms with van der Waals surface area (Å²) in [6.07, 6.45) is 13.8. The summed E-state index contributed by atoms with van der Waals surface area (Å²) in [6, 6.07) is 0.830. The Balaban J connectivity index is 1.86. The van der Waals surface area contributed by atoms with E-state index in [9.17, 15) is 0 Å². The number of ether oxygens (including phenoxy) is 1. The summed E-state index contributed by atoms with van der Waals surface area (Å²) < 4.78 is 5.87. The van der Waals surface area contributed by atoms with Crippen molar-refractivity contribution in [3.05, 3.63) is 0 Å². The highest BCUT2D eigenvalue weighted by Gasteiger charge is 2.27. The first-order valence-electron chi connectivity index (χ1n) is 8.15. The van der Waals surface area contributed by atoms with Crippen LogP contribution in [0.2, 0.25) is 0 Å². The van der Waals surface area contributed by atoms with E-state index in [0.717, 1.165) is 19.1 Å². The first kappa shape index (κ1) is 14.3. The van der Waals surface area contributed by atoms with Crippen molar-refractivity contribution in [1.82, 2.24) is 4.90 Å². The number of nitrogens with zero attached hydrogens (tertiary/aromatic N) is 1. The zero-order valence-corrected chi connectivity index (χ0v) is 12.4. The molecule has 2 nitrogen and oxygen atoms in total. The van der Waals surface area contributed by atoms with E-state index in [1.807, 2.05) is 0 Å². The molecule has 1 saturated carbocycles. The first-order chi connectivity index (χ1) is 8.75. The standard InChI is InChI=1S/C16H31NO/c1-14-12-17(13-15(2)18-14)16-10-8-6-4-3-5-7-9-11-16/h14-16H,3-13H2,1-2H3/t14-,15-/m1/s1. The van der Waals surface area contributed by atoms with Crippen LogP contribution in [0, 0.1) is 0 Å². The summed E-state index contributed by atoms with van der Waals surface area (Å²) in [5, 5.41) is 0. The Labute approximate surface area is 113 Å². The van der Waals surface area contributed by atoms with Crippen LogP contribution in [-0.4, -0.2) is 36.2 Å². The fraction of sp³-hybridized carbons (Fsp3) is 1.00. The summed E-state index contributed by atoms with van der Waals surface area (Å²) in [6.45, 7) is 6.75. The van der Waals surface area contributed by atoms with Gasteiger partial charge in [-0.05, 0) is 26.7 Å². The number of hydrogen-bond acceptors (Lipinski definition) is 2. The molecule has 1 aliphatic carbocycles. The van der Waals surface area contributed by atoms with Gasteiger partial charge >= 0.3 is 0 Å². The molecule has 0 bridgehead atoms. The SMILES string of the molecule is C[C@@H]1CN(C2CCCCCCCCC2)C[C@@H](C)O1. The quantitative estimate of drug-likeness (QED) is 0.700. The first-order valence-corrected chi connectivity index (χ1v) is 8.15. The van der Waals surface area contributed by atoms with E-state index in [-0.39, 0.29) is 0 Å². The summed E-state index contributed by atoms with van der Waals surface area (Å²) >= 11 is 0. The van der Waals surface area contributed by atoms with E-state index in [4.69, 9.17) is 4.74 Å². The van der Waals surface area contributed by atoms with E-state index >= 15 is 0 Å². The largest absolute Gasteiger partial charge is 0.373 e. The molecule has 0 spiro atoms. The van der Waals surface area contributed by atoms with Gasteiger partial charge < -0.3 is 4.74 Å². The van der Waals surface area contributed by atoms with Crippen LogP contribution in [0.5, 0.6) is 0 Å². The molecule has 2 atom stereocenters. The van der Waals surface area contributed by atoms with E-state index in [0.29, 0.717) is 12.2 Å². The van der Waals surface area contributed by atoms with E-state index < -0.39 is 0 Å². The van der Waals surface area contributed by atoms with Gasteiger partial charge in [0.15, 0.2) is 0 Å². The van der Waals surface area contributed by atoms with Gasteiger partial charge in [0, 0.05) is 19.1 Å². The van der Waals surface area contributed by atoms with Gasteiger partial charge in [-0.25, -0.2) is 0 Å². The topological polar surface area (TPSA) is 12.5 Å². The number of hydrogen-bond donors (Lipinski definition) is 0. The van der Waals surface area contributed by atoms with Crippen LogP contribution in [0.1, 0.15) is 71.6 Å². The zero-order valence-electron chi connectivity index (χ0n) is 12.4. The van der Waals surface area contributed by atoms with Crippen LogP contribution < -0.4 is 0 Å². The molecule has 0 amide bonds. The fourth-order valence-corrected chi connectivity index (χ4v) is 3.67. The molecule has 0 radical (unpaired) electrons. The van der Waals surface area contributed by atoms with Gasteiger partial charge in [-0.15, -0.1) is 0 Å². The minimum atomic E-state index is 0.421. The highest BCUT2D eigenvalue weighted by molar-refractivity contribution is 4.80. The molecule has 2 aliphatic rings. The average molecular weight is 253 g/mol. The van der Waals surface area contributed by atoms with E-state index in [1.54, 1.807) is 0 Å². The summed E-state index contributed by atoms with van der Waals surface area (Å²) in [5.74, 6) is 0. The van der Waals surface area contributed by atoms with E-state index in [2.05, 4.69) is 18.7 Å². The summed E-state index contributed by atoms with van der Waals surface area (Å²) in [7, 11) is 0. The maximum absolute atomic E-state index is 5.87. The van der Waals surface area contributed by atoms with Gasteiger partial charge in [-0.2, -0.15) is 0 Å². The van der Waals surface area contributed by atoms with Crippen molar-refractivity contribution in [2.75, 3.05) is 13.1 Å². The third kappa shape index (κ3) is 4.55. The molecule has 0 unspecified atom stereocenters. The maximum Gasteiger partial charge on any atom is 0.0678 e. The highest BCUT2D eigenvalue weighted by atomic mass is 16.5. The summed E-state index contributed by atoms with van der Waals surface area (Å²) in [4.78, 5) is 2.72. The minimum Gasteiger partial charge on any atom is -0.373 e. The Morgan fingerprint density at radius 1 is 0.722 bits per heavy atom. The Morgan fingerprint density at radius 2 is 1.17 bits per heavy atom. The number of rotatable bonds is 1. The number of morpholine rings is 1. The lowest BCUT2D eigenvalue weighted by molar-refractivity contribution is -0.0825. The summed E-state index contributed by atoms with van der Waals surface area (Å²) in [5.41, 5.74) is 0. The Bertz CT molecular complexity index is 211. The van der Waals surface area contributed by atoms with Gasteiger partial charge in [0.2, 0.25) is 0 Å². The van der Waals surface area contributed by atoms with Crippen molar-refractivity contribution >= 4 is 0 Å². The monoisotopic (exact) mass is 253 g/mol. The minimum absolute atomic E-state index is 0.421. The second-order valence-electron chi connectivity index (χ2n) is 6.42. The second kappa shape index (κ2) is 7.49. The third-order valence-electron chi connectivity index (χ3n) is 4.54. The molecular formula is C16H31NO. The van der Waals surface area contributed by atoms with E-state index in [1.165, 1.54) is 57.8 Å². The lowest BCUT2D eigenvalue weighted by Gasteiger charge is -2.40. The van der Waals surface area contributed by atoms with Gasteiger partial charge in [0.05, 0.1) is 12.2 Å². The van der Waals surface area contributed by atoms with Gasteiger partial charge in [0.25, 0.3) is 0 Å². The lowest BCUT2D eigenvalue weighted by Crippen LogP contribution is -2.50. The molecule has 0 aromatic heterocycles. The predicted octanol–water partition coefficient (Wildman–Crippen LogP) is 3.99. The molecular weight excluding hydrogens is 222 g/mol. The van der Waals surface area contributed by atoms with Crippen molar-refractivity contribution in [3.8, 4) is 0 Å². The Morgan fingerprint density at radius 3 is 1.67 bits per heavy atom. The van der Waals surface area contributed by atoms with Crippen molar-refractivity contribution in [2.24, 2.45) is 0 Å². The predicted molar refractivity (Wildman–Crippen MR) is 76.9 cm³/mol. The molecule has 2 rings (SSSR count). The molecule has 1 heterocycles. The maximum atomic E-state index is 5.87. The van der Waals surface area contributed by atoms with Gasteiger partial charge in [-0.1, -0.05) is 44.9 Å². The normalized spacial score (nSPS) is 34.3. The van der Waals surface area contributed by atoms with Gasteiger partial charge in [0.1, 0.15) is 0 Å². The average Bonchev–Trinajstić information content (AvgIpc) is 2.34. The van der Waals surface area contributed by atoms with Crippen LogP contribution in [0.3, 0.4) is 0 Å².